The molecule has 96 valence electrons. The molecule has 0 saturated carbocycles. The normalized spacial score (nSPS) is 22.9. The molecule has 1 fully saturated rings. The van der Waals surface area contributed by atoms with E-state index in [1.165, 1.54) is 24.0 Å². The highest BCUT2D eigenvalue weighted by Crippen LogP contribution is 2.25. The average Bonchev–Trinajstić information content (AvgIpc) is 2.55. The van der Waals surface area contributed by atoms with Crippen LogP contribution in [-0.4, -0.2) is 39.3 Å². The molecule has 1 unspecified atom stereocenters. The summed E-state index contributed by atoms with van der Waals surface area (Å²) < 4.78 is 4.85. The number of carboxylic acid groups (broad SMARTS) is 1. The van der Waals surface area contributed by atoms with Crippen LogP contribution in [0.3, 0.4) is 0 Å². The molecule has 0 radical (unpaired) electrons. The zero-order valence-corrected chi connectivity index (χ0v) is 9.79. The van der Waals surface area contributed by atoms with E-state index in [0.29, 0.717) is 5.56 Å². The maximum Gasteiger partial charge on any atom is 0.411 e. The fourth-order valence-electron chi connectivity index (χ4n) is 1.83. The van der Waals surface area contributed by atoms with Crippen LogP contribution >= 0.6 is 0 Å². The van der Waals surface area contributed by atoms with Crippen molar-refractivity contribution in [1.29, 1.82) is 0 Å². The highest BCUT2D eigenvalue weighted by Gasteiger charge is 2.47. The Bertz CT molecular complexity index is 501. The Kier molecular flexibility index (Phi) is 2.86. The molecule has 6 nitrogen and oxygen atoms in total. The maximum atomic E-state index is 11.6. The number of amides is 1. The minimum absolute atomic E-state index is 0.0170. The first-order valence-corrected chi connectivity index (χ1v) is 5.40. The number of carbonyl (C=O) groups excluding carboxylic acids is 1. The van der Waals surface area contributed by atoms with Crippen LogP contribution in [0, 0.1) is 0 Å². The van der Waals surface area contributed by atoms with E-state index < -0.39 is 17.7 Å². The largest absolute Gasteiger partial charge is 0.508 e. The summed E-state index contributed by atoms with van der Waals surface area (Å²) in [6.07, 6.45) is -0.664. The molecule has 1 aromatic carbocycles. The number of carboxylic acids is 1. The van der Waals surface area contributed by atoms with Gasteiger partial charge >= 0.3 is 12.1 Å². The first-order chi connectivity index (χ1) is 8.40. The number of aliphatic carboxylic acids is 1. The van der Waals surface area contributed by atoms with E-state index in [9.17, 15) is 14.7 Å². The van der Waals surface area contributed by atoms with Crippen molar-refractivity contribution in [3.63, 3.8) is 0 Å². The third kappa shape index (κ3) is 2.22. The van der Waals surface area contributed by atoms with E-state index in [-0.39, 0.29) is 18.8 Å². The molecule has 1 aromatic rings. The molecule has 1 saturated heterocycles. The monoisotopic (exact) mass is 251 g/mol. The van der Waals surface area contributed by atoms with Gasteiger partial charge in [-0.15, -0.1) is 0 Å². The molecule has 0 aliphatic carbocycles. The first-order valence-electron chi connectivity index (χ1n) is 5.40. The van der Waals surface area contributed by atoms with Gasteiger partial charge in [-0.05, 0) is 24.6 Å². The van der Waals surface area contributed by atoms with Crippen molar-refractivity contribution in [2.24, 2.45) is 0 Å². The number of hydrogen-bond donors (Lipinski definition) is 2. The number of cyclic esters (lactones) is 1. The summed E-state index contributed by atoms with van der Waals surface area (Å²) in [7, 11) is 0. The van der Waals surface area contributed by atoms with Gasteiger partial charge in [-0.3, -0.25) is 4.90 Å². The fourth-order valence-corrected chi connectivity index (χ4v) is 1.83. The SMILES string of the molecule is CC1(C(=O)O)CN(Cc2cccc(O)c2)C(=O)O1. The number of rotatable bonds is 3. The number of phenolic OH excluding ortho intramolecular Hbond substituents is 1. The van der Waals surface area contributed by atoms with Gasteiger partial charge in [-0.2, -0.15) is 0 Å². The van der Waals surface area contributed by atoms with Gasteiger partial charge in [0.1, 0.15) is 5.75 Å². The third-order valence-corrected chi connectivity index (χ3v) is 2.80. The van der Waals surface area contributed by atoms with Crippen LogP contribution in [-0.2, 0) is 16.1 Å². The van der Waals surface area contributed by atoms with Crippen molar-refractivity contribution in [2.45, 2.75) is 19.1 Å². The van der Waals surface area contributed by atoms with Crippen LogP contribution in [0.1, 0.15) is 12.5 Å². The molecular weight excluding hydrogens is 238 g/mol. The lowest BCUT2D eigenvalue weighted by Gasteiger charge is -2.16. The van der Waals surface area contributed by atoms with Crippen molar-refractivity contribution in [2.75, 3.05) is 6.54 Å². The fraction of sp³-hybridized carbons (Fsp3) is 0.333. The van der Waals surface area contributed by atoms with Gasteiger partial charge < -0.3 is 14.9 Å². The highest BCUT2D eigenvalue weighted by molar-refractivity contribution is 5.84. The Morgan fingerprint density at radius 2 is 2.28 bits per heavy atom. The minimum atomic E-state index is -1.51. The van der Waals surface area contributed by atoms with Crippen molar-refractivity contribution in [1.82, 2.24) is 4.90 Å². The Labute approximate surface area is 103 Å². The molecule has 0 aromatic heterocycles. The van der Waals surface area contributed by atoms with Gasteiger partial charge in [0.2, 0.25) is 5.60 Å². The van der Waals surface area contributed by atoms with Crippen LogP contribution in [0.2, 0.25) is 0 Å². The lowest BCUT2D eigenvalue weighted by Crippen LogP contribution is -2.39. The van der Waals surface area contributed by atoms with E-state index >= 15 is 0 Å². The first kappa shape index (κ1) is 12.2. The van der Waals surface area contributed by atoms with Crippen LogP contribution in [0.5, 0.6) is 5.75 Å². The summed E-state index contributed by atoms with van der Waals surface area (Å²) in [6, 6.07) is 6.43. The van der Waals surface area contributed by atoms with Gasteiger partial charge in [0.05, 0.1) is 6.54 Å². The molecule has 0 spiro atoms. The summed E-state index contributed by atoms with van der Waals surface area (Å²) in [5, 5.41) is 18.3. The standard InChI is InChI=1S/C12H13NO5/c1-12(10(15)16)7-13(11(17)18-12)6-8-3-2-4-9(14)5-8/h2-5,14H,6-7H2,1H3,(H,15,16). The van der Waals surface area contributed by atoms with Crippen molar-refractivity contribution >= 4 is 12.1 Å². The molecule has 6 heteroatoms. The Hall–Kier alpha value is -2.24. The Morgan fingerprint density at radius 1 is 1.56 bits per heavy atom. The number of carbonyl (C=O) groups is 2. The Balaban J connectivity index is 2.12. The predicted octanol–water partition coefficient (Wildman–Crippen LogP) is 1.19. The van der Waals surface area contributed by atoms with Crippen molar-refractivity contribution in [3.8, 4) is 5.75 Å². The van der Waals surface area contributed by atoms with Crippen LogP contribution in [0.15, 0.2) is 24.3 Å². The maximum absolute atomic E-state index is 11.6. The number of benzene rings is 1. The second-order valence-electron chi connectivity index (χ2n) is 4.43. The Morgan fingerprint density at radius 3 is 2.83 bits per heavy atom. The summed E-state index contributed by atoms with van der Waals surface area (Å²) in [4.78, 5) is 23.8. The zero-order chi connectivity index (χ0) is 13.3. The number of phenols is 1. The average molecular weight is 251 g/mol. The predicted molar refractivity (Wildman–Crippen MR) is 61.0 cm³/mol. The number of ether oxygens (including phenoxy) is 1. The number of nitrogens with zero attached hydrogens (tertiary/aromatic N) is 1. The van der Waals surface area contributed by atoms with E-state index in [1.54, 1.807) is 12.1 Å². The van der Waals surface area contributed by atoms with Gasteiger partial charge in [0.15, 0.2) is 0 Å². The van der Waals surface area contributed by atoms with E-state index in [0.717, 1.165) is 0 Å². The van der Waals surface area contributed by atoms with E-state index in [1.807, 2.05) is 0 Å². The molecule has 2 rings (SSSR count). The lowest BCUT2D eigenvalue weighted by molar-refractivity contribution is -0.153. The van der Waals surface area contributed by atoms with Gasteiger partial charge in [0, 0.05) is 6.54 Å². The minimum Gasteiger partial charge on any atom is -0.508 e. The molecule has 18 heavy (non-hydrogen) atoms. The van der Waals surface area contributed by atoms with Gasteiger partial charge in [-0.1, -0.05) is 12.1 Å². The number of hydrogen-bond acceptors (Lipinski definition) is 4. The van der Waals surface area contributed by atoms with Crippen LogP contribution < -0.4 is 0 Å². The van der Waals surface area contributed by atoms with Gasteiger partial charge in [-0.25, -0.2) is 9.59 Å². The molecule has 1 aliphatic rings. The molecule has 2 N–H and O–H groups in total. The second kappa shape index (κ2) is 4.21. The molecule has 0 bridgehead atoms. The zero-order valence-electron chi connectivity index (χ0n) is 9.79. The molecule has 1 heterocycles. The highest BCUT2D eigenvalue weighted by atomic mass is 16.6. The summed E-state index contributed by atoms with van der Waals surface area (Å²) in [5.74, 6) is -1.07. The van der Waals surface area contributed by atoms with Crippen molar-refractivity contribution < 1.29 is 24.5 Å². The summed E-state index contributed by atoms with van der Waals surface area (Å²) in [5.41, 5.74) is -0.796. The lowest BCUT2D eigenvalue weighted by atomic mass is 10.1. The van der Waals surface area contributed by atoms with Crippen LogP contribution in [0.4, 0.5) is 4.79 Å². The van der Waals surface area contributed by atoms with Gasteiger partial charge in [0.25, 0.3) is 0 Å². The molecule has 1 aliphatic heterocycles. The quantitative estimate of drug-likeness (QED) is 0.842. The smallest absolute Gasteiger partial charge is 0.411 e. The van der Waals surface area contributed by atoms with Crippen molar-refractivity contribution in [3.05, 3.63) is 29.8 Å². The topological polar surface area (TPSA) is 87.1 Å². The van der Waals surface area contributed by atoms with E-state index in [4.69, 9.17) is 9.84 Å². The third-order valence-electron chi connectivity index (χ3n) is 2.80. The molecule has 1 amide bonds. The van der Waals surface area contributed by atoms with Crippen LogP contribution in [0.25, 0.3) is 0 Å². The molecule has 1 atom stereocenters. The van der Waals surface area contributed by atoms with E-state index in [2.05, 4.69) is 0 Å². The molecular formula is C12H13NO5. The second-order valence-corrected chi connectivity index (χ2v) is 4.43. The summed E-state index contributed by atoms with van der Waals surface area (Å²) in [6.45, 7) is 1.54. The number of aromatic hydroxyl groups is 1. The summed E-state index contributed by atoms with van der Waals surface area (Å²) >= 11 is 0.